The Morgan fingerprint density at radius 2 is 1.96 bits per heavy atom. The van der Waals surface area contributed by atoms with Gasteiger partial charge >= 0.3 is 5.97 Å². The minimum atomic E-state index is -0.429. The van der Waals surface area contributed by atoms with E-state index < -0.39 is 5.97 Å². The highest BCUT2D eigenvalue weighted by atomic mass is 16.5. The van der Waals surface area contributed by atoms with Crippen LogP contribution in [0.1, 0.15) is 24.0 Å². The molecular formula is C20H19NO3. The number of carbonyl (C=O) groups is 2. The summed E-state index contributed by atoms with van der Waals surface area (Å²) in [5, 5.41) is 0. The van der Waals surface area contributed by atoms with Crippen LogP contribution in [0.2, 0.25) is 0 Å². The summed E-state index contributed by atoms with van der Waals surface area (Å²) in [7, 11) is 0. The van der Waals surface area contributed by atoms with Crippen LogP contribution in [0.4, 0.5) is 5.69 Å². The second kappa shape index (κ2) is 7.13. The van der Waals surface area contributed by atoms with E-state index >= 15 is 0 Å². The third-order valence-electron chi connectivity index (χ3n) is 3.89. The second-order valence-electron chi connectivity index (χ2n) is 5.81. The molecule has 0 saturated carbocycles. The van der Waals surface area contributed by atoms with Crippen LogP contribution in [0.3, 0.4) is 0 Å². The minimum Gasteiger partial charge on any atom is -0.423 e. The zero-order chi connectivity index (χ0) is 16.9. The predicted octanol–water partition coefficient (Wildman–Crippen LogP) is 3.74. The Hall–Kier alpha value is -2.88. The van der Waals surface area contributed by atoms with E-state index in [4.69, 9.17) is 4.74 Å². The summed E-state index contributed by atoms with van der Waals surface area (Å²) >= 11 is 0. The Morgan fingerprint density at radius 3 is 2.62 bits per heavy atom. The number of esters is 1. The molecule has 122 valence electrons. The lowest BCUT2D eigenvalue weighted by atomic mass is 10.1. The Kier molecular flexibility index (Phi) is 4.75. The van der Waals surface area contributed by atoms with Crippen molar-refractivity contribution in [1.29, 1.82) is 0 Å². The van der Waals surface area contributed by atoms with Gasteiger partial charge in [0, 0.05) is 24.7 Å². The van der Waals surface area contributed by atoms with E-state index in [0.717, 1.165) is 29.8 Å². The van der Waals surface area contributed by atoms with Crippen LogP contribution in [-0.4, -0.2) is 18.4 Å². The summed E-state index contributed by atoms with van der Waals surface area (Å²) in [6.07, 6.45) is 4.62. The molecule has 0 radical (unpaired) electrons. The normalized spacial score (nSPS) is 14.4. The van der Waals surface area contributed by atoms with Crippen LogP contribution in [-0.2, 0) is 9.59 Å². The molecule has 1 heterocycles. The fourth-order valence-corrected chi connectivity index (χ4v) is 2.70. The topological polar surface area (TPSA) is 46.6 Å². The van der Waals surface area contributed by atoms with Gasteiger partial charge in [0.05, 0.1) is 0 Å². The van der Waals surface area contributed by atoms with Crippen molar-refractivity contribution in [1.82, 2.24) is 0 Å². The monoisotopic (exact) mass is 321 g/mol. The van der Waals surface area contributed by atoms with Crippen LogP contribution in [0.25, 0.3) is 6.08 Å². The Morgan fingerprint density at radius 1 is 1.17 bits per heavy atom. The minimum absolute atomic E-state index is 0.140. The van der Waals surface area contributed by atoms with E-state index in [1.165, 1.54) is 6.08 Å². The van der Waals surface area contributed by atoms with Gasteiger partial charge in [-0.25, -0.2) is 4.79 Å². The number of carbonyl (C=O) groups excluding carboxylic acids is 2. The largest absolute Gasteiger partial charge is 0.423 e. The number of anilines is 1. The third kappa shape index (κ3) is 3.90. The van der Waals surface area contributed by atoms with Gasteiger partial charge in [-0.2, -0.15) is 0 Å². The lowest BCUT2D eigenvalue weighted by molar-refractivity contribution is -0.128. The molecular weight excluding hydrogens is 302 g/mol. The lowest BCUT2D eigenvalue weighted by Gasteiger charge is -2.15. The SMILES string of the molecule is Cc1cccc(/C=C/C(=O)Oc2ccc(N3CCCC3=O)cc2)c1. The van der Waals surface area contributed by atoms with Crippen molar-refractivity contribution in [3.63, 3.8) is 0 Å². The van der Waals surface area contributed by atoms with Crippen molar-refractivity contribution in [3.05, 3.63) is 65.7 Å². The summed E-state index contributed by atoms with van der Waals surface area (Å²) < 4.78 is 5.28. The van der Waals surface area contributed by atoms with Gasteiger partial charge in [0.25, 0.3) is 0 Å². The quantitative estimate of drug-likeness (QED) is 0.489. The van der Waals surface area contributed by atoms with E-state index in [1.807, 2.05) is 31.2 Å². The maximum Gasteiger partial charge on any atom is 0.336 e. The van der Waals surface area contributed by atoms with Gasteiger partial charge in [0.1, 0.15) is 5.75 Å². The summed E-state index contributed by atoms with van der Waals surface area (Å²) in [4.78, 5) is 25.4. The number of benzene rings is 2. The molecule has 2 aromatic rings. The first kappa shape index (κ1) is 16.0. The maximum absolute atomic E-state index is 11.9. The first-order chi connectivity index (χ1) is 11.6. The summed E-state index contributed by atoms with van der Waals surface area (Å²) in [5.74, 6) is 0.173. The third-order valence-corrected chi connectivity index (χ3v) is 3.89. The van der Waals surface area contributed by atoms with Crippen molar-refractivity contribution in [2.75, 3.05) is 11.4 Å². The van der Waals surface area contributed by atoms with Gasteiger partial charge in [0.2, 0.25) is 5.91 Å². The molecule has 0 unspecified atom stereocenters. The molecule has 1 saturated heterocycles. The summed E-state index contributed by atoms with van der Waals surface area (Å²) in [6.45, 7) is 2.75. The van der Waals surface area contributed by atoms with Crippen LogP contribution in [0.5, 0.6) is 5.75 Å². The smallest absolute Gasteiger partial charge is 0.336 e. The van der Waals surface area contributed by atoms with Crippen LogP contribution in [0, 0.1) is 6.92 Å². The van der Waals surface area contributed by atoms with Crippen molar-refractivity contribution >= 4 is 23.6 Å². The van der Waals surface area contributed by atoms with E-state index in [2.05, 4.69) is 0 Å². The van der Waals surface area contributed by atoms with Crippen molar-refractivity contribution in [3.8, 4) is 5.75 Å². The van der Waals surface area contributed by atoms with Crippen molar-refractivity contribution < 1.29 is 14.3 Å². The highest BCUT2D eigenvalue weighted by molar-refractivity contribution is 5.95. The zero-order valence-corrected chi connectivity index (χ0v) is 13.6. The van der Waals surface area contributed by atoms with Crippen LogP contribution in [0.15, 0.2) is 54.6 Å². The van der Waals surface area contributed by atoms with Gasteiger partial charge in [-0.1, -0.05) is 29.8 Å². The summed E-state index contributed by atoms with van der Waals surface area (Å²) in [5.41, 5.74) is 2.93. The molecule has 1 fully saturated rings. The molecule has 4 nitrogen and oxygen atoms in total. The Labute approximate surface area is 141 Å². The Bertz CT molecular complexity index is 778. The molecule has 2 aromatic carbocycles. The first-order valence-electron chi connectivity index (χ1n) is 7.99. The lowest BCUT2D eigenvalue weighted by Crippen LogP contribution is -2.23. The fourth-order valence-electron chi connectivity index (χ4n) is 2.70. The molecule has 0 bridgehead atoms. The number of amides is 1. The van der Waals surface area contributed by atoms with Gasteiger partial charge in [0.15, 0.2) is 0 Å². The average Bonchev–Trinajstić information content (AvgIpc) is 3.00. The maximum atomic E-state index is 11.9. The van der Waals surface area contributed by atoms with Gasteiger partial charge < -0.3 is 9.64 Å². The molecule has 0 N–H and O–H groups in total. The molecule has 1 aliphatic rings. The van der Waals surface area contributed by atoms with Gasteiger partial charge in [-0.3, -0.25) is 4.79 Å². The van der Waals surface area contributed by atoms with E-state index in [0.29, 0.717) is 12.2 Å². The number of hydrogen-bond acceptors (Lipinski definition) is 3. The Balaban J connectivity index is 1.61. The van der Waals surface area contributed by atoms with E-state index in [1.54, 1.807) is 35.2 Å². The molecule has 24 heavy (non-hydrogen) atoms. The highest BCUT2D eigenvalue weighted by Crippen LogP contribution is 2.24. The van der Waals surface area contributed by atoms with E-state index in [9.17, 15) is 9.59 Å². The standard InChI is InChI=1S/C20H19NO3/c1-15-4-2-5-16(14-15)7-12-20(23)24-18-10-8-17(9-11-18)21-13-3-6-19(21)22/h2,4-5,7-12,14H,3,6,13H2,1H3/b12-7+. The second-order valence-corrected chi connectivity index (χ2v) is 5.81. The number of ether oxygens (including phenoxy) is 1. The molecule has 0 atom stereocenters. The molecule has 0 spiro atoms. The summed E-state index contributed by atoms with van der Waals surface area (Å²) in [6, 6.07) is 14.9. The highest BCUT2D eigenvalue weighted by Gasteiger charge is 2.21. The van der Waals surface area contributed by atoms with Crippen molar-refractivity contribution in [2.24, 2.45) is 0 Å². The van der Waals surface area contributed by atoms with Gasteiger partial charge in [-0.05, 0) is 49.2 Å². The molecule has 0 aromatic heterocycles. The number of aryl methyl sites for hydroxylation is 1. The zero-order valence-electron chi connectivity index (χ0n) is 13.6. The number of rotatable bonds is 4. The van der Waals surface area contributed by atoms with Crippen LogP contribution >= 0.6 is 0 Å². The van der Waals surface area contributed by atoms with Gasteiger partial charge in [-0.15, -0.1) is 0 Å². The first-order valence-corrected chi connectivity index (χ1v) is 7.99. The fraction of sp³-hybridized carbons (Fsp3) is 0.200. The molecule has 1 amide bonds. The molecule has 0 aliphatic carbocycles. The van der Waals surface area contributed by atoms with Crippen molar-refractivity contribution in [2.45, 2.75) is 19.8 Å². The molecule has 4 heteroatoms. The van der Waals surface area contributed by atoms with Crippen LogP contribution < -0.4 is 9.64 Å². The van der Waals surface area contributed by atoms with E-state index in [-0.39, 0.29) is 5.91 Å². The molecule has 1 aliphatic heterocycles. The number of hydrogen-bond donors (Lipinski definition) is 0. The number of nitrogens with zero attached hydrogens (tertiary/aromatic N) is 1. The average molecular weight is 321 g/mol. The predicted molar refractivity (Wildman–Crippen MR) is 93.9 cm³/mol. The molecule has 3 rings (SSSR count).